The molecule has 2 heterocycles. The fourth-order valence-electron chi connectivity index (χ4n) is 2.86. The van der Waals surface area contributed by atoms with E-state index in [0.717, 1.165) is 21.8 Å². The second-order valence-electron chi connectivity index (χ2n) is 6.22. The van der Waals surface area contributed by atoms with Gasteiger partial charge in [0.1, 0.15) is 18.7 Å². The van der Waals surface area contributed by atoms with Crippen LogP contribution in [0.2, 0.25) is 5.02 Å². The van der Waals surface area contributed by atoms with Crippen LogP contribution in [0.4, 0.5) is 0 Å². The molecule has 0 atom stereocenters. The summed E-state index contributed by atoms with van der Waals surface area (Å²) in [5.74, 6) is 0.998. The van der Waals surface area contributed by atoms with E-state index >= 15 is 0 Å². The molecule has 0 fully saturated rings. The molecular weight excluding hydrogens is 424 g/mol. The molecule has 1 aliphatic heterocycles. The molecule has 0 bridgehead atoms. The van der Waals surface area contributed by atoms with Gasteiger partial charge in [-0.1, -0.05) is 52.8 Å². The summed E-state index contributed by atoms with van der Waals surface area (Å²) in [4.78, 5) is 10.2. The molecular formula is C21H19ClN4O3S. The summed E-state index contributed by atoms with van der Waals surface area (Å²) in [5.41, 5.74) is 3.37. The molecule has 7 nitrogen and oxygen atoms in total. The van der Waals surface area contributed by atoms with Crippen molar-refractivity contribution in [1.82, 2.24) is 9.78 Å². The lowest BCUT2D eigenvalue weighted by molar-refractivity contribution is 0.0672. The molecule has 0 unspecified atom stereocenters. The van der Waals surface area contributed by atoms with E-state index < -0.39 is 0 Å². The first-order valence-electron chi connectivity index (χ1n) is 9.21. The van der Waals surface area contributed by atoms with E-state index in [1.807, 2.05) is 65.5 Å². The van der Waals surface area contributed by atoms with Crippen molar-refractivity contribution >= 4 is 35.0 Å². The topological polar surface area (TPSA) is 70.2 Å². The number of halogens is 1. The van der Waals surface area contributed by atoms with Crippen molar-refractivity contribution in [3.63, 3.8) is 0 Å². The van der Waals surface area contributed by atoms with Gasteiger partial charge in [0.15, 0.2) is 12.3 Å². The lowest BCUT2D eigenvalue weighted by Crippen LogP contribution is -2.26. The number of rotatable bonds is 7. The molecule has 154 valence electrons. The van der Waals surface area contributed by atoms with Gasteiger partial charge in [0.2, 0.25) is 0 Å². The Balaban J connectivity index is 1.53. The van der Waals surface area contributed by atoms with Crippen molar-refractivity contribution in [1.29, 1.82) is 0 Å². The van der Waals surface area contributed by atoms with Crippen molar-refractivity contribution in [3.8, 4) is 5.69 Å². The van der Waals surface area contributed by atoms with Gasteiger partial charge in [-0.05, 0) is 41.1 Å². The first kappa shape index (κ1) is 20.3. The quantitative estimate of drug-likeness (QED) is 0.305. The average molecular weight is 443 g/mol. The first-order valence-corrected chi connectivity index (χ1v) is 10.6. The van der Waals surface area contributed by atoms with Crippen molar-refractivity contribution < 1.29 is 14.4 Å². The standard InChI is InChI=1S/C21H19ClN4O3S/c1-27-24-20(21-25-29-13-12-28-21)18-5-3-2-4-15(18)14-30-19-10-11-26(23-19)17-8-6-16(22)7-9-17/h2-11H,12-14H2,1H3/b24-20-. The van der Waals surface area contributed by atoms with Crippen LogP contribution in [0.5, 0.6) is 0 Å². The Morgan fingerprint density at radius 3 is 2.77 bits per heavy atom. The summed E-state index contributed by atoms with van der Waals surface area (Å²) >= 11 is 7.59. The third-order valence-corrected chi connectivity index (χ3v) is 5.47. The zero-order valence-electron chi connectivity index (χ0n) is 16.2. The highest BCUT2D eigenvalue weighted by Gasteiger charge is 2.21. The van der Waals surface area contributed by atoms with E-state index in [1.54, 1.807) is 11.8 Å². The fraction of sp³-hybridized carbons (Fsp3) is 0.190. The van der Waals surface area contributed by atoms with E-state index in [1.165, 1.54) is 7.11 Å². The van der Waals surface area contributed by atoms with Crippen molar-refractivity contribution in [2.24, 2.45) is 10.3 Å². The molecule has 1 aromatic heterocycles. The summed E-state index contributed by atoms with van der Waals surface area (Å²) in [6.45, 7) is 0.832. The smallest absolute Gasteiger partial charge is 0.280 e. The largest absolute Gasteiger partial charge is 0.470 e. The van der Waals surface area contributed by atoms with Gasteiger partial charge in [-0.2, -0.15) is 5.10 Å². The van der Waals surface area contributed by atoms with Crippen LogP contribution in [-0.2, 0) is 20.2 Å². The Morgan fingerprint density at radius 1 is 1.17 bits per heavy atom. The number of nitrogens with zero attached hydrogens (tertiary/aromatic N) is 4. The van der Waals surface area contributed by atoms with Gasteiger partial charge >= 0.3 is 0 Å². The first-order chi connectivity index (χ1) is 14.7. The summed E-state index contributed by atoms with van der Waals surface area (Å²) < 4.78 is 7.43. The van der Waals surface area contributed by atoms with Crippen LogP contribution in [0.15, 0.2) is 76.1 Å². The van der Waals surface area contributed by atoms with Crippen molar-refractivity contribution in [3.05, 3.63) is 76.9 Å². The van der Waals surface area contributed by atoms with E-state index in [2.05, 4.69) is 15.4 Å². The van der Waals surface area contributed by atoms with Gasteiger partial charge in [0, 0.05) is 22.5 Å². The minimum atomic E-state index is 0.313. The Labute approximate surface area is 183 Å². The lowest BCUT2D eigenvalue weighted by atomic mass is 10.0. The molecule has 1 aliphatic rings. The SMILES string of the molecule is CO/N=C(\C1=NOCCO1)c1ccccc1CSc1ccn(-c2ccc(Cl)cc2)n1. The normalized spacial score (nSPS) is 13.9. The number of ether oxygens (including phenoxy) is 1. The van der Waals surface area contributed by atoms with Crippen LogP contribution in [0.25, 0.3) is 5.69 Å². The van der Waals surface area contributed by atoms with Gasteiger partial charge in [-0.3, -0.25) is 0 Å². The van der Waals surface area contributed by atoms with Gasteiger partial charge in [0.25, 0.3) is 5.90 Å². The number of thioether (sulfide) groups is 1. The molecule has 0 saturated carbocycles. The summed E-state index contributed by atoms with van der Waals surface area (Å²) in [6, 6.07) is 17.4. The summed E-state index contributed by atoms with van der Waals surface area (Å²) in [5, 5.41) is 14.3. The molecule has 0 spiro atoms. The molecule has 9 heteroatoms. The second kappa shape index (κ2) is 9.69. The highest BCUT2D eigenvalue weighted by molar-refractivity contribution is 7.98. The lowest BCUT2D eigenvalue weighted by Gasteiger charge is -2.16. The third kappa shape index (κ3) is 4.77. The molecule has 2 aromatic carbocycles. The van der Waals surface area contributed by atoms with E-state index in [9.17, 15) is 0 Å². The zero-order valence-corrected chi connectivity index (χ0v) is 17.8. The van der Waals surface area contributed by atoms with Crippen LogP contribution in [0, 0.1) is 0 Å². The van der Waals surface area contributed by atoms with Crippen LogP contribution >= 0.6 is 23.4 Å². The van der Waals surface area contributed by atoms with E-state index in [4.69, 9.17) is 26.0 Å². The number of hydrogen-bond acceptors (Lipinski definition) is 7. The minimum absolute atomic E-state index is 0.313. The van der Waals surface area contributed by atoms with Gasteiger partial charge in [0.05, 0.1) is 5.69 Å². The maximum Gasteiger partial charge on any atom is 0.280 e. The molecule has 0 aliphatic carbocycles. The average Bonchev–Trinajstić information content (AvgIpc) is 3.26. The monoisotopic (exact) mass is 442 g/mol. The highest BCUT2D eigenvalue weighted by atomic mass is 35.5. The Hall–Kier alpha value is -2.97. The second-order valence-corrected chi connectivity index (χ2v) is 7.65. The number of hydrogen-bond donors (Lipinski definition) is 0. The predicted molar refractivity (Wildman–Crippen MR) is 117 cm³/mol. The van der Waals surface area contributed by atoms with Crippen molar-refractivity contribution in [2.75, 3.05) is 20.3 Å². The van der Waals surface area contributed by atoms with Gasteiger partial charge < -0.3 is 14.4 Å². The van der Waals surface area contributed by atoms with E-state index in [0.29, 0.717) is 35.6 Å². The van der Waals surface area contributed by atoms with Gasteiger partial charge in [-0.15, -0.1) is 0 Å². The van der Waals surface area contributed by atoms with E-state index in [-0.39, 0.29) is 0 Å². The molecule has 4 rings (SSSR count). The molecule has 0 radical (unpaired) electrons. The minimum Gasteiger partial charge on any atom is -0.470 e. The van der Waals surface area contributed by atoms with Crippen LogP contribution in [0.1, 0.15) is 11.1 Å². The molecule has 0 saturated heterocycles. The predicted octanol–water partition coefficient (Wildman–Crippen LogP) is 4.53. The maximum atomic E-state index is 5.96. The summed E-state index contributed by atoms with van der Waals surface area (Å²) in [7, 11) is 1.49. The fourth-order valence-corrected chi connectivity index (χ4v) is 3.85. The van der Waals surface area contributed by atoms with Gasteiger partial charge in [-0.25, -0.2) is 4.68 Å². The van der Waals surface area contributed by atoms with Crippen LogP contribution < -0.4 is 0 Å². The summed E-state index contributed by atoms with van der Waals surface area (Å²) in [6.07, 6.45) is 1.93. The molecule has 3 aromatic rings. The number of benzene rings is 2. The maximum absolute atomic E-state index is 5.96. The Morgan fingerprint density at radius 2 is 2.00 bits per heavy atom. The zero-order chi connectivity index (χ0) is 20.8. The molecule has 0 N–H and O–H groups in total. The Bertz CT molecular complexity index is 1070. The van der Waals surface area contributed by atoms with Crippen molar-refractivity contribution in [2.45, 2.75) is 10.8 Å². The Kier molecular flexibility index (Phi) is 6.56. The number of oxime groups is 2. The number of aromatic nitrogens is 2. The van der Waals surface area contributed by atoms with Crippen LogP contribution in [-0.4, -0.2) is 41.7 Å². The van der Waals surface area contributed by atoms with Crippen LogP contribution in [0.3, 0.4) is 0 Å². The highest BCUT2D eigenvalue weighted by Crippen LogP contribution is 2.25. The molecule has 30 heavy (non-hydrogen) atoms. The third-order valence-electron chi connectivity index (χ3n) is 4.25. The molecule has 0 amide bonds.